The average Bonchev–Trinajstić information content (AvgIpc) is 2.58. The largest absolute Gasteiger partial charge is 0.481 e. The van der Waals surface area contributed by atoms with Crippen LogP contribution in [0.25, 0.3) is 6.08 Å². The number of rotatable bonds is 6. The Bertz CT molecular complexity index is 595. The van der Waals surface area contributed by atoms with Gasteiger partial charge in [-0.2, -0.15) is 0 Å². The van der Waals surface area contributed by atoms with Crippen LogP contribution in [0.1, 0.15) is 41.6 Å². The lowest BCUT2D eigenvalue weighted by Gasteiger charge is -2.26. The summed E-state index contributed by atoms with van der Waals surface area (Å²) in [5.41, 5.74) is 0.963. The second-order valence-corrected chi connectivity index (χ2v) is 5.85. The predicted molar refractivity (Wildman–Crippen MR) is 86.1 cm³/mol. The van der Waals surface area contributed by atoms with Gasteiger partial charge < -0.3 is 15.2 Å². The van der Waals surface area contributed by atoms with Crippen LogP contribution in [0, 0.1) is 5.92 Å². The van der Waals surface area contributed by atoms with E-state index in [-0.39, 0.29) is 37.8 Å². The fourth-order valence-corrected chi connectivity index (χ4v) is 2.65. The molecule has 2 rings (SSSR count). The number of alkyl halides is 2. The Balaban J connectivity index is 2.10. The Hall–Kier alpha value is -2.02. The van der Waals surface area contributed by atoms with Gasteiger partial charge in [0.15, 0.2) is 0 Å². The maximum Gasteiger partial charge on any atom is 0.252 e. The van der Waals surface area contributed by atoms with E-state index in [1.165, 1.54) is 13.3 Å². The van der Waals surface area contributed by atoms with Gasteiger partial charge in [0.25, 0.3) is 5.91 Å². The third kappa shape index (κ3) is 4.99. The molecule has 0 aliphatic heterocycles. The average molecular weight is 340 g/mol. The summed E-state index contributed by atoms with van der Waals surface area (Å²) >= 11 is 0. The Morgan fingerprint density at radius 2 is 2.21 bits per heavy atom. The third-order valence-electron chi connectivity index (χ3n) is 4.04. The highest BCUT2D eigenvalue weighted by Crippen LogP contribution is 2.37. The second kappa shape index (κ2) is 8.19. The van der Waals surface area contributed by atoms with Crippen LogP contribution in [-0.4, -0.2) is 42.2 Å². The van der Waals surface area contributed by atoms with Crippen molar-refractivity contribution < 1.29 is 23.4 Å². The standard InChI is InChI=1S/C17H22F2N2O3/c1-24-16-13(3-2-12-4-6-17(18,19)7-5-12)10-14(11-21-16)15(23)20-8-9-22/h2-3,10-12,22H,4-9H2,1H3,(H,20,23)/b3-2+. The van der Waals surface area contributed by atoms with Gasteiger partial charge in [-0.05, 0) is 24.8 Å². The van der Waals surface area contributed by atoms with Crippen LogP contribution in [0.3, 0.4) is 0 Å². The molecule has 1 saturated carbocycles. The number of hydrogen-bond acceptors (Lipinski definition) is 4. The molecule has 0 spiro atoms. The van der Waals surface area contributed by atoms with Crippen LogP contribution in [0.2, 0.25) is 0 Å². The van der Waals surface area contributed by atoms with Crippen LogP contribution in [-0.2, 0) is 0 Å². The maximum atomic E-state index is 13.2. The Kier molecular flexibility index (Phi) is 6.25. The number of ether oxygens (including phenoxy) is 1. The van der Waals surface area contributed by atoms with Crippen LogP contribution >= 0.6 is 0 Å². The van der Waals surface area contributed by atoms with Crippen LogP contribution in [0.5, 0.6) is 5.88 Å². The van der Waals surface area contributed by atoms with Gasteiger partial charge in [0.2, 0.25) is 11.8 Å². The van der Waals surface area contributed by atoms with E-state index in [2.05, 4.69) is 10.3 Å². The molecule has 5 nitrogen and oxygen atoms in total. The molecule has 1 heterocycles. The number of amides is 1. The summed E-state index contributed by atoms with van der Waals surface area (Å²) in [5, 5.41) is 11.3. The zero-order valence-corrected chi connectivity index (χ0v) is 13.6. The molecule has 1 aromatic heterocycles. The van der Waals surface area contributed by atoms with Crippen molar-refractivity contribution in [2.45, 2.75) is 31.6 Å². The molecule has 24 heavy (non-hydrogen) atoms. The van der Waals surface area contributed by atoms with Crippen molar-refractivity contribution in [3.8, 4) is 5.88 Å². The Morgan fingerprint density at radius 1 is 1.50 bits per heavy atom. The summed E-state index contributed by atoms with van der Waals surface area (Å²) in [5.74, 6) is -2.44. The molecule has 7 heteroatoms. The van der Waals surface area contributed by atoms with Gasteiger partial charge in [0, 0.05) is 31.1 Å². The van der Waals surface area contributed by atoms with Crippen molar-refractivity contribution in [1.82, 2.24) is 10.3 Å². The van der Waals surface area contributed by atoms with E-state index in [4.69, 9.17) is 9.84 Å². The third-order valence-corrected chi connectivity index (χ3v) is 4.04. The van der Waals surface area contributed by atoms with Crippen LogP contribution in [0.15, 0.2) is 18.3 Å². The van der Waals surface area contributed by atoms with Gasteiger partial charge in [-0.3, -0.25) is 4.79 Å². The molecule has 0 unspecified atom stereocenters. The van der Waals surface area contributed by atoms with Gasteiger partial charge in [-0.25, -0.2) is 13.8 Å². The number of aliphatic hydroxyl groups is 1. The number of carbonyl (C=O) groups is 1. The first-order valence-corrected chi connectivity index (χ1v) is 7.94. The fourth-order valence-electron chi connectivity index (χ4n) is 2.65. The van der Waals surface area contributed by atoms with Crippen molar-refractivity contribution >= 4 is 12.0 Å². The molecular formula is C17H22F2N2O3. The first kappa shape index (κ1) is 18.3. The molecule has 132 valence electrons. The van der Waals surface area contributed by atoms with Gasteiger partial charge >= 0.3 is 0 Å². The minimum absolute atomic E-state index is 0.0844. The van der Waals surface area contributed by atoms with E-state index in [0.29, 0.717) is 29.8 Å². The SMILES string of the molecule is COc1ncc(C(=O)NCCO)cc1/C=C/C1CCC(F)(F)CC1. The first-order chi connectivity index (χ1) is 11.4. The zero-order chi connectivity index (χ0) is 17.6. The second-order valence-electron chi connectivity index (χ2n) is 5.85. The molecule has 0 saturated heterocycles. The molecule has 1 aliphatic rings. The molecule has 1 fully saturated rings. The normalized spacial score (nSPS) is 17.8. The number of methoxy groups -OCH3 is 1. The van der Waals surface area contributed by atoms with Crippen molar-refractivity contribution in [3.63, 3.8) is 0 Å². The van der Waals surface area contributed by atoms with Gasteiger partial charge in [0.1, 0.15) is 0 Å². The number of aromatic nitrogens is 1. The van der Waals surface area contributed by atoms with E-state index in [1.54, 1.807) is 12.1 Å². The Labute approximate surface area is 139 Å². The number of pyridine rings is 1. The summed E-state index contributed by atoms with van der Waals surface area (Å²) in [6, 6.07) is 1.63. The number of carbonyl (C=O) groups excluding carboxylic acids is 1. The summed E-state index contributed by atoms with van der Waals surface area (Å²) in [6.07, 6.45) is 5.73. The van der Waals surface area contributed by atoms with Gasteiger partial charge in [-0.1, -0.05) is 12.2 Å². The smallest absolute Gasteiger partial charge is 0.252 e. The molecule has 0 bridgehead atoms. The molecule has 2 N–H and O–H groups in total. The maximum absolute atomic E-state index is 13.2. The summed E-state index contributed by atoms with van der Waals surface area (Å²) in [6.45, 7) is 0.0146. The van der Waals surface area contributed by atoms with Crippen molar-refractivity contribution in [2.75, 3.05) is 20.3 Å². The molecule has 1 aromatic rings. The minimum atomic E-state index is -2.55. The highest BCUT2D eigenvalue weighted by atomic mass is 19.3. The molecular weight excluding hydrogens is 318 g/mol. The summed E-state index contributed by atoms with van der Waals surface area (Å²) in [4.78, 5) is 16.0. The number of nitrogens with zero attached hydrogens (tertiary/aromatic N) is 1. The van der Waals surface area contributed by atoms with E-state index < -0.39 is 5.92 Å². The minimum Gasteiger partial charge on any atom is -0.481 e. The monoisotopic (exact) mass is 340 g/mol. The number of nitrogens with one attached hydrogen (secondary N) is 1. The topological polar surface area (TPSA) is 71.5 Å². The van der Waals surface area contributed by atoms with Crippen LogP contribution < -0.4 is 10.1 Å². The van der Waals surface area contributed by atoms with Crippen molar-refractivity contribution in [1.29, 1.82) is 0 Å². The molecule has 1 aliphatic carbocycles. The van der Waals surface area contributed by atoms with E-state index in [1.807, 2.05) is 6.08 Å². The lowest BCUT2D eigenvalue weighted by atomic mass is 9.86. The van der Waals surface area contributed by atoms with Crippen LogP contribution in [0.4, 0.5) is 8.78 Å². The molecule has 0 aromatic carbocycles. The lowest BCUT2D eigenvalue weighted by Crippen LogP contribution is -2.26. The Morgan fingerprint density at radius 3 is 2.83 bits per heavy atom. The van der Waals surface area contributed by atoms with Gasteiger partial charge in [-0.15, -0.1) is 0 Å². The zero-order valence-electron chi connectivity index (χ0n) is 13.6. The predicted octanol–water partition coefficient (Wildman–Crippen LogP) is 2.65. The van der Waals surface area contributed by atoms with E-state index in [0.717, 1.165) is 0 Å². The highest BCUT2D eigenvalue weighted by Gasteiger charge is 2.33. The molecule has 0 atom stereocenters. The van der Waals surface area contributed by atoms with Gasteiger partial charge in [0.05, 0.1) is 19.3 Å². The molecule has 0 radical (unpaired) electrons. The van der Waals surface area contributed by atoms with Crippen molar-refractivity contribution in [3.05, 3.63) is 29.5 Å². The summed E-state index contributed by atoms with van der Waals surface area (Å²) < 4.78 is 31.6. The lowest BCUT2D eigenvalue weighted by molar-refractivity contribution is -0.0410. The quantitative estimate of drug-likeness (QED) is 0.835. The van der Waals surface area contributed by atoms with E-state index >= 15 is 0 Å². The number of aliphatic hydroxyl groups excluding tert-OH is 1. The van der Waals surface area contributed by atoms with Crippen molar-refractivity contribution in [2.24, 2.45) is 5.92 Å². The number of halogens is 2. The van der Waals surface area contributed by atoms with E-state index in [9.17, 15) is 13.6 Å². The fraction of sp³-hybridized carbons (Fsp3) is 0.529. The highest BCUT2D eigenvalue weighted by molar-refractivity contribution is 5.94. The molecule has 1 amide bonds. The number of allylic oxidation sites excluding steroid dienone is 1. The number of hydrogen-bond donors (Lipinski definition) is 2. The summed E-state index contributed by atoms with van der Waals surface area (Å²) in [7, 11) is 1.48. The first-order valence-electron chi connectivity index (χ1n) is 7.94.